The predicted molar refractivity (Wildman–Crippen MR) is 85.9 cm³/mol. The molecule has 2 amide bonds. The number of nitro groups is 1. The SMILES string of the molecule is CCOC(=O)N1CCC(N2C(=O)Cc3cc([N+](=O)[O-])ccc32)CC1. The van der Waals surface area contributed by atoms with Crippen LogP contribution in [0.25, 0.3) is 0 Å². The first-order valence-corrected chi connectivity index (χ1v) is 8.02. The molecular weight excluding hydrogens is 314 g/mol. The Kier molecular flexibility index (Phi) is 4.37. The van der Waals surface area contributed by atoms with Crippen molar-refractivity contribution >= 4 is 23.4 Å². The molecule has 1 saturated heterocycles. The van der Waals surface area contributed by atoms with Crippen molar-refractivity contribution < 1.29 is 19.2 Å². The van der Waals surface area contributed by atoms with Crippen LogP contribution >= 0.6 is 0 Å². The Morgan fingerprint density at radius 2 is 2.08 bits per heavy atom. The highest BCUT2D eigenvalue weighted by molar-refractivity contribution is 6.02. The van der Waals surface area contributed by atoms with Crippen molar-refractivity contribution in [2.24, 2.45) is 0 Å². The number of amides is 2. The van der Waals surface area contributed by atoms with E-state index < -0.39 is 4.92 Å². The summed E-state index contributed by atoms with van der Waals surface area (Å²) in [5, 5.41) is 10.9. The number of rotatable bonds is 3. The van der Waals surface area contributed by atoms with E-state index in [9.17, 15) is 19.7 Å². The molecule has 0 N–H and O–H groups in total. The summed E-state index contributed by atoms with van der Waals surface area (Å²) < 4.78 is 5.00. The Morgan fingerprint density at radius 3 is 2.71 bits per heavy atom. The fraction of sp³-hybridized carbons (Fsp3) is 0.500. The third-order valence-electron chi connectivity index (χ3n) is 4.50. The van der Waals surface area contributed by atoms with Crippen LogP contribution in [0.5, 0.6) is 0 Å². The first kappa shape index (κ1) is 16.2. The summed E-state index contributed by atoms with van der Waals surface area (Å²) in [5.41, 5.74) is 1.45. The maximum atomic E-state index is 12.4. The Bertz CT molecular complexity index is 682. The number of carbonyl (C=O) groups is 2. The van der Waals surface area contributed by atoms with Crippen LogP contribution < -0.4 is 4.90 Å². The molecule has 0 unspecified atom stereocenters. The summed E-state index contributed by atoms with van der Waals surface area (Å²) in [6, 6.07) is 4.56. The van der Waals surface area contributed by atoms with Crippen molar-refractivity contribution in [3.8, 4) is 0 Å². The van der Waals surface area contributed by atoms with Gasteiger partial charge in [-0.25, -0.2) is 4.79 Å². The van der Waals surface area contributed by atoms with E-state index in [4.69, 9.17) is 4.74 Å². The van der Waals surface area contributed by atoms with Crippen LogP contribution in [0.4, 0.5) is 16.2 Å². The van der Waals surface area contributed by atoms with E-state index in [-0.39, 0.29) is 30.2 Å². The number of benzene rings is 1. The molecule has 8 nitrogen and oxygen atoms in total. The molecule has 0 radical (unpaired) electrons. The highest BCUT2D eigenvalue weighted by Crippen LogP contribution is 2.35. The smallest absolute Gasteiger partial charge is 0.409 e. The number of fused-ring (bicyclic) bond motifs is 1. The van der Waals surface area contributed by atoms with Gasteiger partial charge in [0, 0.05) is 37.0 Å². The molecule has 1 aromatic rings. The van der Waals surface area contributed by atoms with Crippen molar-refractivity contribution in [1.29, 1.82) is 0 Å². The van der Waals surface area contributed by atoms with Gasteiger partial charge in [-0.1, -0.05) is 0 Å². The fourth-order valence-corrected chi connectivity index (χ4v) is 3.37. The topological polar surface area (TPSA) is 93.0 Å². The molecule has 128 valence electrons. The van der Waals surface area contributed by atoms with E-state index in [2.05, 4.69) is 0 Å². The molecule has 0 aromatic heterocycles. The minimum Gasteiger partial charge on any atom is -0.450 e. The molecule has 24 heavy (non-hydrogen) atoms. The van der Waals surface area contributed by atoms with Crippen molar-refractivity contribution in [3.63, 3.8) is 0 Å². The van der Waals surface area contributed by atoms with E-state index in [0.717, 1.165) is 5.69 Å². The van der Waals surface area contributed by atoms with E-state index in [1.54, 1.807) is 22.8 Å². The number of ether oxygens (including phenoxy) is 1. The zero-order chi connectivity index (χ0) is 17.3. The number of anilines is 1. The van der Waals surface area contributed by atoms with Crippen LogP contribution in [0.15, 0.2) is 18.2 Å². The fourth-order valence-electron chi connectivity index (χ4n) is 3.37. The minimum absolute atomic E-state index is 0.000491. The first-order valence-electron chi connectivity index (χ1n) is 8.02. The van der Waals surface area contributed by atoms with Gasteiger partial charge in [-0.15, -0.1) is 0 Å². The molecular formula is C16H19N3O5. The van der Waals surface area contributed by atoms with Crippen LogP contribution in [0.1, 0.15) is 25.3 Å². The van der Waals surface area contributed by atoms with Crippen LogP contribution in [0, 0.1) is 10.1 Å². The number of hydrogen-bond acceptors (Lipinski definition) is 5. The maximum absolute atomic E-state index is 12.4. The first-order chi connectivity index (χ1) is 11.5. The standard InChI is InChI=1S/C16H19N3O5/c1-2-24-16(21)17-7-5-12(6-8-17)18-14-4-3-13(19(22)23)9-11(14)10-15(18)20/h3-4,9,12H,2,5-8,10H2,1H3. The molecule has 2 heterocycles. The zero-order valence-corrected chi connectivity index (χ0v) is 13.4. The third kappa shape index (κ3) is 2.91. The lowest BCUT2D eigenvalue weighted by Crippen LogP contribution is -2.48. The molecule has 0 spiro atoms. The summed E-state index contributed by atoms with van der Waals surface area (Å²) in [6.07, 6.45) is 1.21. The lowest BCUT2D eigenvalue weighted by Gasteiger charge is -2.36. The number of nitrogens with zero attached hydrogens (tertiary/aromatic N) is 3. The molecule has 3 rings (SSSR count). The van der Waals surface area contributed by atoms with E-state index in [1.807, 2.05) is 0 Å². The second kappa shape index (κ2) is 6.46. The van der Waals surface area contributed by atoms with Crippen LogP contribution in [-0.2, 0) is 16.0 Å². The summed E-state index contributed by atoms with van der Waals surface area (Å²) in [6.45, 7) is 3.18. The molecule has 2 aliphatic rings. The van der Waals surface area contributed by atoms with Gasteiger partial charge in [-0.3, -0.25) is 14.9 Å². The number of piperidine rings is 1. The molecule has 1 aromatic carbocycles. The summed E-state index contributed by atoms with van der Waals surface area (Å²) in [5.74, 6) is -0.0416. The van der Waals surface area contributed by atoms with E-state index in [0.29, 0.717) is 38.1 Å². The van der Waals surface area contributed by atoms with Crippen LogP contribution in [0.3, 0.4) is 0 Å². The van der Waals surface area contributed by atoms with Gasteiger partial charge < -0.3 is 14.5 Å². The monoisotopic (exact) mass is 333 g/mol. The summed E-state index contributed by atoms with van der Waals surface area (Å²) >= 11 is 0. The average Bonchev–Trinajstić information content (AvgIpc) is 2.90. The van der Waals surface area contributed by atoms with Crippen LogP contribution in [-0.4, -0.2) is 47.6 Å². The van der Waals surface area contributed by atoms with Gasteiger partial charge in [0.1, 0.15) is 0 Å². The lowest BCUT2D eigenvalue weighted by molar-refractivity contribution is -0.384. The van der Waals surface area contributed by atoms with Crippen molar-refractivity contribution in [3.05, 3.63) is 33.9 Å². The average molecular weight is 333 g/mol. The quantitative estimate of drug-likeness (QED) is 0.624. The van der Waals surface area contributed by atoms with Crippen molar-refractivity contribution in [2.75, 3.05) is 24.6 Å². The normalized spacial score (nSPS) is 17.8. The molecule has 8 heteroatoms. The van der Waals surface area contributed by atoms with Gasteiger partial charge in [-0.2, -0.15) is 0 Å². The largest absolute Gasteiger partial charge is 0.450 e. The Labute approximate surface area is 139 Å². The Hall–Kier alpha value is -2.64. The van der Waals surface area contributed by atoms with Gasteiger partial charge in [0.05, 0.1) is 18.0 Å². The second-order valence-corrected chi connectivity index (χ2v) is 5.93. The van der Waals surface area contributed by atoms with Gasteiger partial charge in [0.25, 0.3) is 5.69 Å². The molecule has 0 aliphatic carbocycles. The molecule has 1 fully saturated rings. The summed E-state index contributed by atoms with van der Waals surface area (Å²) in [4.78, 5) is 37.9. The highest BCUT2D eigenvalue weighted by Gasteiger charge is 2.36. The molecule has 0 bridgehead atoms. The Balaban J connectivity index is 1.72. The van der Waals surface area contributed by atoms with E-state index >= 15 is 0 Å². The molecule has 0 saturated carbocycles. The number of non-ortho nitro benzene ring substituents is 1. The molecule has 2 aliphatic heterocycles. The number of nitro benzene ring substituents is 1. The van der Waals surface area contributed by atoms with E-state index in [1.165, 1.54) is 12.1 Å². The third-order valence-corrected chi connectivity index (χ3v) is 4.50. The zero-order valence-electron chi connectivity index (χ0n) is 13.4. The highest BCUT2D eigenvalue weighted by atomic mass is 16.6. The minimum atomic E-state index is -0.453. The molecule has 0 atom stereocenters. The lowest BCUT2D eigenvalue weighted by atomic mass is 10.0. The number of carbonyl (C=O) groups excluding carboxylic acids is 2. The van der Waals surface area contributed by atoms with Crippen molar-refractivity contribution in [2.45, 2.75) is 32.2 Å². The van der Waals surface area contributed by atoms with Crippen molar-refractivity contribution in [1.82, 2.24) is 4.90 Å². The number of hydrogen-bond donors (Lipinski definition) is 0. The Morgan fingerprint density at radius 1 is 1.38 bits per heavy atom. The van der Waals surface area contributed by atoms with Gasteiger partial charge in [0.2, 0.25) is 5.91 Å². The summed E-state index contributed by atoms with van der Waals surface area (Å²) in [7, 11) is 0. The number of likely N-dealkylation sites (tertiary alicyclic amines) is 1. The maximum Gasteiger partial charge on any atom is 0.409 e. The van der Waals surface area contributed by atoms with Crippen LogP contribution in [0.2, 0.25) is 0 Å². The second-order valence-electron chi connectivity index (χ2n) is 5.93. The van der Waals surface area contributed by atoms with Gasteiger partial charge in [0.15, 0.2) is 0 Å². The van der Waals surface area contributed by atoms with Gasteiger partial charge >= 0.3 is 6.09 Å². The van der Waals surface area contributed by atoms with Gasteiger partial charge in [-0.05, 0) is 31.4 Å². The predicted octanol–water partition coefficient (Wildman–Crippen LogP) is 2.10.